The fourth-order valence-electron chi connectivity index (χ4n) is 4.35. The molecule has 3 aliphatic rings. The Balaban J connectivity index is 1.65. The molecule has 0 aromatic carbocycles. The SMILES string of the molecule is C=C(/C=C1/CCC(C(=O)OC)C/C1=C/C)[C@H]1CC[C@]2(COC(=O)N2)C1. The van der Waals surface area contributed by atoms with E-state index in [4.69, 9.17) is 9.47 Å². The summed E-state index contributed by atoms with van der Waals surface area (Å²) in [4.78, 5) is 23.2. The summed E-state index contributed by atoms with van der Waals surface area (Å²) in [6, 6.07) is 0. The van der Waals surface area contributed by atoms with Crippen molar-refractivity contribution in [2.75, 3.05) is 13.7 Å². The van der Waals surface area contributed by atoms with Crippen molar-refractivity contribution in [1.82, 2.24) is 5.32 Å². The van der Waals surface area contributed by atoms with Gasteiger partial charge in [0.1, 0.15) is 6.61 Å². The van der Waals surface area contributed by atoms with E-state index in [0.29, 0.717) is 12.5 Å². The Morgan fingerprint density at radius 2 is 2.16 bits per heavy atom. The fraction of sp³-hybridized carbons (Fsp3) is 0.600. The lowest BCUT2D eigenvalue weighted by Crippen LogP contribution is -2.40. The quantitative estimate of drug-likeness (QED) is 0.793. The second-order valence-electron chi connectivity index (χ2n) is 7.44. The Morgan fingerprint density at radius 1 is 1.36 bits per heavy atom. The molecule has 3 atom stereocenters. The molecule has 0 bridgehead atoms. The van der Waals surface area contributed by atoms with E-state index < -0.39 is 0 Å². The van der Waals surface area contributed by atoms with Gasteiger partial charge in [0.2, 0.25) is 0 Å². The highest BCUT2D eigenvalue weighted by molar-refractivity contribution is 5.73. The van der Waals surface area contributed by atoms with Gasteiger partial charge in [0.15, 0.2) is 0 Å². The molecule has 136 valence electrons. The summed E-state index contributed by atoms with van der Waals surface area (Å²) in [5.41, 5.74) is 3.41. The van der Waals surface area contributed by atoms with Crippen LogP contribution in [0.2, 0.25) is 0 Å². The van der Waals surface area contributed by atoms with E-state index in [0.717, 1.165) is 44.1 Å². The molecule has 25 heavy (non-hydrogen) atoms. The van der Waals surface area contributed by atoms with Gasteiger partial charge in [0, 0.05) is 0 Å². The van der Waals surface area contributed by atoms with E-state index in [-0.39, 0.29) is 23.5 Å². The van der Waals surface area contributed by atoms with Crippen LogP contribution >= 0.6 is 0 Å². The van der Waals surface area contributed by atoms with Crippen molar-refractivity contribution in [3.8, 4) is 0 Å². The second kappa shape index (κ2) is 7.06. The molecule has 3 rings (SSSR count). The van der Waals surface area contributed by atoms with E-state index in [1.54, 1.807) is 0 Å². The first kappa shape index (κ1) is 17.8. The molecule has 1 spiro atoms. The number of allylic oxidation sites excluding steroid dienone is 5. The molecule has 2 saturated carbocycles. The van der Waals surface area contributed by atoms with E-state index in [2.05, 4.69) is 24.0 Å². The van der Waals surface area contributed by atoms with Crippen molar-refractivity contribution >= 4 is 12.1 Å². The molecule has 1 unspecified atom stereocenters. The van der Waals surface area contributed by atoms with Gasteiger partial charge in [-0.25, -0.2) is 4.79 Å². The molecule has 0 radical (unpaired) electrons. The van der Waals surface area contributed by atoms with Gasteiger partial charge in [-0.15, -0.1) is 0 Å². The fourth-order valence-corrected chi connectivity index (χ4v) is 4.35. The first-order valence-corrected chi connectivity index (χ1v) is 9.04. The largest absolute Gasteiger partial charge is 0.469 e. The number of carbonyl (C=O) groups is 2. The average Bonchev–Trinajstić information content (AvgIpc) is 3.20. The zero-order chi connectivity index (χ0) is 18.0. The number of ether oxygens (including phenoxy) is 2. The lowest BCUT2D eigenvalue weighted by Gasteiger charge is -2.26. The molecule has 1 N–H and O–H groups in total. The van der Waals surface area contributed by atoms with Crippen molar-refractivity contribution in [3.63, 3.8) is 0 Å². The zero-order valence-electron chi connectivity index (χ0n) is 15.1. The lowest BCUT2D eigenvalue weighted by atomic mass is 9.80. The summed E-state index contributed by atoms with van der Waals surface area (Å²) in [6.07, 6.45) is 9.26. The number of amides is 1. The van der Waals surface area contributed by atoms with E-state index in [1.165, 1.54) is 18.3 Å². The first-order chi connectivity index (χ1) is 12.0. The van der Waals surface area contributed by atoms with Crippen LogP contribution in [0.25, 0.3) is 0 Å². The van der Waals surface area contributed by atoms with Gasteiger partial charge in [0.05, 0.1) is 18.6 Å². The van der Waals surface area contributed by atoms with Gasteiger partial charge in [-0.3, -0.25) is 4.79 Å². The van der Waals surface area contributed by atoms with Crippen LogP contribution in [0.1, 0.15) is 45.4 Å². The summed E-state index contributed by atoms with van der Waals surface area (Å²) in [6.45, 7) is 6.78. The van der Waals surface area contributed by atoms with Crippen molar-refractivity contribution < 1.29 is 19.1 Å². The summed E-state index contributed by atoms with van der Waals surface area (Å²) in [5.74, 6) is 0.208. The van der Waals surface area contributed by atoms with Crippen LogP contribution in [0.15, 0.2) is 35.5 Å². The third-order valence-corrected chi connectivity index (χ3v) is 5.86. The minimum atomic E-state index is -0.304. The predicted molar refractivity (Wildman–Crippen MR) is 94.9 cm³/mol. The van der Waals surface area contributed by atoms with Crippen LogP contribution in [0, 0.1) is 11.8 Å². The maximum atomic E-state index is 11.8. The lowest BCUT2D eigenvalue weighted by molar-refractivity contribution is -0.145. The monoisotopic (exact) mass is 345 g/mol. The summed E-state index contributed by atoms with van der Waals surface area (Å²) in [7, 11) is 1.45. The average molecular weight is 345 g/mol. The van der Waals surface area contributed by atoms with Crippen molar-refractivity contribution in [1.29, 1.82) is 0 Å². The predicted octanol–water partition coefficient (Wildman–Crippen LogP) is 3.67. The van der Waals surface area contributed by atoms with Gasteiger partial charge < -0.3 is 14.8 Å². The third kappa shape index (κ3) is 3.65. The summed E-state index contributed by atoms with van der Waals surface area (Å²) >= 11 is 0. The number of alkyl carbamates (subject to hydrolysis) is 1. The number of methoxy groups -OCH3 is 1. The number of esters is 1. The van der Waals surface area contributed by atoms with Crippen LogP contribution in [0.3, 0.4) is 0 Å². The number of carbonyl (C=O) groups excluding carboxylic acids is 2. The molecule has 1 amide bonds. The van der Waals surface area contributed by atoms with Crippen LogP contribution in [0.5, 0.6) is 0 Å². The number of nitrogens with one attached hydrogen (secondary N) is 1. The van der Waals surface area contributed by atoms with Gasteiger partial charge >= 0.3 is 12.1 Å². The van der Waals surface area contributed by atoms with Crippen LogP contribution in [0.4, 0.5) is 4.79 Å². The minimum Gasteiger partial charge on any atom is -0.469 e. The Hall–Kier alpha value is -2.04. The third-order valence-electron chi connectivity index (χ3n) is 5.86. The van der Waals surface area contributed by atoms with Gasteiger partial charge in [-0.2, -0.15) is 0 Å². The summed E-state index contributed by atoms with van der Waals surface area (Å²) in [5, 5.41) is 2.98. The van der Waals surface area contributed by atoms with Gasteiger partial charge in [0.25, 0.3) is 0 Å². The Morgan fingerprint density at radius 3 is 2.80 bits per heavy atom. The highest BCUT2D eigenvalue weighted by Gasteiger charge is 2.46. The van der Waals surface area contributed by atoms with Crippen LogP contribution < -0.4 is 5.32 Å². The van der Waals surface area contributed by atoms with Gasteiger partial charge in [-0.1, -0.05) is 24.3 Å². The van der Waals surface area contributed by atoms with Crippen LogP contribution in [-0.4, -0.2) is 31.3 Å². The molecular formula is C20H27NO4. The maximum absolute atomic E-state index is 11.8. The number of cyclic esters (lactones) is 1. The molecule has 1 saturated heterocycles. The molecule has 0 aromatic heterocycles. The standard InChI is InChI=1S/C20H27NO4/c1-4-14-10-16(18(22)24-3)6-5-15(14)9-13(2)17-7-8-20(11-17)12-25-19(23)21-20/h4,9,16-17H,2,5-8,10-12H2,1,3H3,(H,21,23)/b14-4-,15-9-/t16?,17-,20+/m0/s1. The molecule has 1 aliphatic heterocycles. The molecule has 5 nitrogen and oxygen atoms in total. The molecule has 0 aromatic rings. The highest BCUT2D eigenvalue weighted by atomic mass is 16.6. The molecule has 1 heterocycles. The first-order valence-electron chi connectivity index (χ1n) is 9.04. The number of rotatable bonds is 3. The van der Waals surface area contributed by atoms with E-state index in [1.807, 2.05) is 6.92 Å². The molecule has 5 heteroatoms. The second-order valence-corrected chi connectivity index (χ2v) is 7.44. The minimum absolute atomic E-state index is 0.0396. The van der Waals surface area contributed by atoms with E-state index in [9.17, 15) is 9.59 Å². The Labute approximate surface area is 149 Å². The topological polar surface area (TPSA) is 64.6 Å². The molecule has 3 fully saturated rings. The summed E-state index contributed by atoms with van der Waals surface area (Å²) < 4.78 is 9.99. The van der Waals surface area contributed by atoms with Crippen LogP contribution in [-0.2, 0) is 14.3 Å². The number of hydrogen-bond donors (Lipinski definition) is 1. The molecule has 2 aliphatic carbocycles. The van der Waals surface area contributed by atoms with Crippen molar-refractivity contribution in [3.05, 3.63) is 35.5 Å². The van der Waals surface area contributed by atoms with Crippen molar-refractivity contribution in [2.45, 2.75) is 51.0 Å². The maximum Gasteiger partial charge on any atom is 0.407 e. The number of hydrogen-bond acceptors (Lipinski definition) is 4. The molecular weight excluding hydrogens is 318 g/mol. The normalized spacial score (nSPS) is 35.0. The van der Waals surface area contributed by atoms with Gasteiger partial charge in [-0.05, 0) is 62.5 Å². The highest BCUT2D eigenvalue weighted by Crippen LogP contribution is 2.42. The Bertz CT molecular complexity index is 648. The van der Waals surface area contributed by atoms with E-state index >= 15 is 0 Å². The zero-order valence-corrected chi connectivity index (χ0v) is 15.1. The van der Waals surface area contributed by atoms with Crippen molar-refractivity contribution in [2.24, 2.45) is 11.8 Å². The smallest absolute Gasteiger partial charge is 0.407 e. The Kier molecular flexibility index (Phi) is 5.02.